The number of carboxylic acid groups (broad SMARTS) is 1. The lowest BCUT2D eigenvalue weighted by Gasteiger charge is -2.31. The zero-order valence-electron chi connectivity index (χ0n) is 10.8. The average Bonchev–Trinajstić information content (AvgIpc) is 2.94. The van der Waals surface area contributed by atoms with Crippen molar-refractivity contribution in [2.45, 2.75) is 10.9 Å². The monoisotopic (exact) mass is 328 g/mol. The van der Waals surface area contributed by atoms with Gasteiger partial charge in [0.15, 0.2) is 0 Å². The Morgan fingerprint density at radius 1 is 1.52 bits per heavy atom. The second-order valence-corrected chi connectivity index (χ2v) is 7.36. The number of ether oxygens (including phenoxy) is 1. The highest BCUT2D eigenvalue weighted by Crippen LogP contribution is 2.25. The Balaban J connectivity index is 2.03. The number of sulfonamides is 1. The molecule has 0 bridgehead atoms. The molecule has 1 fully saturated rings. The van der Waals surface area contributed by atoms with Crippen molar-refractivity contribution < 1.29 is 23.1 Å². The lowest BCUT2D eigenvalue weighted by Crippen LogP contribution is -2.52. The standard InChI is InChI=1S/C12H12N2O5S2/c15-12(16)10-7-19-3-2-14(10)21(17,18)8-5-11-9(13-6-8)1-4-20-11/h1,4-6,10H,2-3,7H2,(H,15,16). The van der Waals surface area contributed by atoms with Crippen LogP contribution >= 0.6 is 11.3 Å². The first-order valence-electron chi connectivity index (χ1n) is 6.16. The van der Waals surface area contributed by atoms with Crippen LogP contribution in [0, 0.1) is 0 Å². The largest absolute Gasteiger partial charge is 0.480 e. The SMILES string of the molecule is O=C(O)C1COCCN1S(=O)(=O)c1cnc2ccsc2c1. The Morgan fingerprint density at radius 2 is 2.33 bits per heavy atom. The van der Waals surface area contributed by atoms with E-state index in [-0.39, 0.29) is 24.7 Å². The molecule has 2 aromatic rings. The Hall–Kier alpha value is -1.55. The molecule has 21 heavy (non-hydrogen) atoms. The van der Waals surface area contributed by atoms with E-state index in [1.54, 1.807) is 6.07 Å². The first-order valence-corrected chi connectivity index (χ1v) is 8.48. The molecule has 0 radical (unpaired) electrons. The van der Waals surface area contributed by atoms with E-state index >= 15 is 0 Å². The number of nitrogens with zero attached hydrogens (tertiary/aromatic N) is 2. The van der Waals surface area contributed by atoms with Crippen molar-refractivity contribution in [1.82, 2.24) is 9.29 Å². The Kier molecular flexibility index (Phi) is 3.66. The molecular weight excluding hydrogens is 316 g/mol. The van der Waals surface area contributed by atoms with Crippen LogP contribution in [0.25, 0.3) is 10.2 Å². The van der Waals surface area contributed by atoms with E-state index in [9.17, 15) is 13.2 Å². The van der Waals surface area contributed by atoms with Gasteiger partial charge in [-0.15, -0.1) is 11.3 Å². The second kappa shape index (κ2) is 5.34. The van der Waals surface area contributed by atoms with Crippen molar-refractivity contribution in [2.75, 3.05) is 19.8 Å². The molecule has 0 spiro atoms. The Morgan fingerprint density at radius 3 is 3.10 bits per heavy atom. The quantitative estimate of drug-likeness (QED) is 0.894. The van der Waals surface area contributed by atoms with E-state index < -0.39 is 22.0 Å². The third kappa shape index (κ3) is 2.53. The van der Waals surface area contributed by atoms with Gasteiger partial charge in [0.2, 0.25) is 10.0 Å². The second-order valence-electron chi connectivity index (χ2n) is 4.52. The molecule has 0 saturated carbocycles. The minimum absolute atomic E-state index is 0.00519. The molecule has 1 aliphatic rings. The van der Waals surface area contributed by atoms with Gasteiger partial charge in [0, 0.05) is 12.7 Å². The fourth-order valence-electron chi connectivity index (χ4n) is 2.18. The molecule has 3 rings (SSSR count). The molecular formula is C12H12N2O5S2. The summed E-state index contributed by atoms with van der Waals surface area (Å²) in [5.41, 5.74) is 0.718. The van der Waals surface area contributed by atoms with Crippen LogP contribution in [0.2, 0.25) is 0 Å². The summed E-state index contributed by atoms with van der Waals surface area (Å²) in [7, 11) is -3.91. The highest BCUT2D eigenvalue weighted by molar-refractivity contribution is 7.89. The van der Waals surface area contributed by atoms with Gasteiger partial charge in [-0.2, -0.15) is 4.31 Å². The van der Waals surface area contributed by atoms with Gasteiger partial charge in [-0.3, -0.25) is 9.78 Å². The number of carboxylic acids is 1. The predicted molar refractivity (Wildman–Crippen MR) is 75.8 cm³/mol. The number of fused-ring (bicyclic) bond motifs is 1. The van der Waals surface area contributed by atoms with Crippen LogP contribution in [0.1, 0.15) is 0 Å². The fourth-order valence-corrected chi connectivity index (χ4v) is 4.55. The van der Waals surface area contributed by atoms with Crippen molar-refractivity contribution in [3.8, 4) is 0 Å². The van der Waals surface area contributed by atoms with Gasteiger partial charge in [-0.25, -0.2) is 8.42 Å². The zero-order valence-corrected chi connectivity index (χ0v) is 12.4. The van der Waals surface area contributed by atoms with Crippen molar-refractivity contribution in [3.05, 3.63) is 23.7 Å². The predicted octanol–water partition coefficient (Wildman–Crippen LogP) is 0.770. The summed E-state index contributed by atoms with van der Waals surface area (Å²) >= 11 is 1.38. The number of morpholine rings is 1. The zero-order chi connectivity index (χ0) is 15.0. The molecule has 7 nitrogen and oxygen atoms in total. The number of hydrogen-bond acceptors (Lipinski definition) is 6. The number of carbonyl (C=O) groups is 1. The van der Waals surface area contributed by atoms with Crippen LogP contribution in [0.5, 0.6) is 0 Å². The number of thiophene rings is 1. The topological polar surface area (TPSA) is 96.8 Å². The lowest BCUT2D eigenvalue weighted by atomic mass is 10.3. The average molecular weight is 328 g/mol. The van der Waals surface area contributed by atoms with Crippen molar-refractivity contribution in [1.29, 1.82) is 0 Å². The summed E-state index contributed by atoms with van der Waals surface area (Å²) in [6, 6.07) is 2.12. The van der Waals surface area contributed by atoms with Crippen molar-refractivity contribution in [3.63, 3.8) is 0 Å². The van der Waals surface area contributed by atoms with Gasteiger partial charge < -0.3 is 9.84 Å². The minimum Gasteiger partial charge on any atom is -0.480 e. The number of pyridine rings is 1. The molecule has 1 atom stereocenters. The molecule has 112 valence electrons. The van der Waals surface area contributed by atoms with Crippen molar-refractivity contribution >= 4 is 37.5 Å². The van der Waals surface area contributed by atoms with Gasteiger partial charge in [0.25, 0.3) is 0 Å². The summed E-state index contributed by atoms with van der Waals surface area (Å²) < 4.78 is 32.1. The van der Waals surface area contributed by atoms with E-state index in [4.69, 9.17) is 9.84 Å². The number of aromatic nitrogens is 1. The van der Waals surface area contributed by atoms with Crippen LogP contribution in [0.15, 0.2) is 28.6 Å². The Bertz CT molecular complexity index is 786. The maximum atomic E-state index is 12.6. The highest BCUT2D eigenvalue weighted by Gasteiger charge is 2.38. The smallest absolute Gasteiger partial charge is 0.324 e. The summed E-state index contributed by atoms with van der Waals surface area (Å²) in [5.74, 6) is -1.22. The first kappa shape index (κ1) is 14.4. The molecule has 1 aliphatic heterocycles. The molecule has 1 unspecified atom stereocenters. The number of rotatable bonds is 3. The molecule has 1 saturated heterocycles. The van der Waals surface area contributed by atoms with E-state index in [1.807, 2.05) is 5.38 Å². The summed E-state index contributed by atoms with van der Waals surface area (Å²) in [4.78, 5) is 15.3. The van der Waals surface area contributed by atoms with Crippen molar-refractivity contribution in [2.24, 2.45) is 0 Å². The third-order valence-corrected chi connectivity index (χ3v) is 5.98. The molecule has 0 amide bonds. The maximum Gasteiger partial charge on any atom is 0.324 e. The van der Waals surface area contributed by atoms with Crippen LogP contribution < -0.4 is 0 Å². The molecule has 2 aromatic heterocycles. The summed E-state index contributed by atoms with van der Waals surface area (Å²) in [6.45, 7) is 0.0443. The van der Waals surface area contributed by atoms with E-state index in [0.717, 1.165) is 14.5 Å². The minimum atomic E-state index is -3.91. The number of aliphatic carboxylic acids is 1. The van der Waals surface area contributed by atoms with Crippen LogP contribution in [-0.2, 0) is 19.6 Å². The van der Waals surface area contributed by atoms with E-state index in [2.05, 4.69) is 4.98 Å². The molecule has 1 N–H and O–H groups in total. The van der Waals surface area contributed by atoms with Gasteiger partial charge in [-0.1, -0.05) is 0 Å². The third-order valence-electron chi connectivity index (χ3n) is 3.25. The summed E-state index contributed by atoms with van der Waals surface area (Å²) in [6.07, 6.45) is 1.26. The fraction of sp³-hybridized carbons (Fsp3) is 0.333. The summed E-state index contributed by atoms with van der Waals surface area (Å²) in [5, 5.41) is 11.0. The van der Waals surface area contributed by atoms with Gasteiger partial charge in [0.1, 0.15) is 10.9 Å². The van der Waals surface area contributed by atoms with Gasteiger partial charge in [-0.05, 0) is 17.5 Å². The first-order chi connectivity index (χ1) is 10.00. The van der Waals surface area contributed by atoms with E-state index in [1.165, 1.54) is 23.6 Å². The van der Waals surface area contributed by atoms with Crippen LogP contribution in [-0.4, -0.2) is 54.6 Å². The van der Waals surface area contributed by atoms with E-state index in [0.29, 0.717) is 0 Å². The molecule has 0 aromatic carbocycles. The molecule has 3 heterocycles. The Labute approximate surface area is 124 Å². The van der Waals surface area contributed by atoms with Gasteiger partial charge >= 0.3 is 5.97 Å². The van der Waals surface area contributed by atoms with Gasteiger partial charge in [0.05, 0.1) is 23.4 Å². The maximum absolute atomic E-state index is 12.6. The number of hydrogen-bond donors (Lipinski definition) is 1. The molecule has 0 aliphatic carbocycles. The highest BCUT2D eigenvalue weighted by atomic mass is 32.2. The van der Waals surface area contributed by atoms with Crippen LogP contribution in [0.4, 0.5) is 0 Å². The van der Waals surface area contributed by atoms with Crippen LogP contribution in [0.3, 0.4) is 0 Å². The normalized spacial score (nSPS) is 20.7. The lowest BCUT2D eigenvalue weighted by molar-refractivity contribution is -0.146. The molecule has 9 heteroatoms.